The summed E-state index contributed by atoms with van der Waals surface area (Å²) in [7, 11) is 0. The number of hydrogen-bond donors (Lipinski definition) is 4. The maximum atomic E-state index is 11.6. The standard InChI is InChI=1S/C28H50O4/c1-17(7-8-18(2)25(3,4)31)21-9-10-22-20-15-24(30)28(32)16-19(29)11-14-27(28,6)23(20)12-13-26(21,22)5/h17-24,29-32H,7-16H2,1-6H3/t17-,18+,19+,20?,21?,22?,23?,24-,26-,27-,28+/m1/s1. The number of rotatable bonds is 5. The lowest BCUT2D eigenvalue weighted by Gasteiger charge is -2.65. The van der Waals surface area contributed by atoms with Gasteiger partial charge in [0.05, 0.1) is 23.4 Å². The summed E-state index contributed by atoms with van der Waals surface area (Å²) in [4.78, 5) is 0. The molecule has 0 aromatic heterocycles. The Kier molecular flexibility index (Phi) is 6.40. The molecule has 0 amide bonds. The number of hydrogen-bond acceptors (Lipinski definition) is 4. The molecule has 4 aliphatic carbocycles. The van der Waals surface area contributed by atoms with Crippen LogP contribution in [0.3, 0.4) is 0 Å². The van der Waals surface area contributed by atoms with E-state index in [1.807, 2.05) is 13.8 Å². The van der Waals surface area contributed by atoms with Crippen molar-refractivity contribution in [1.29, 1.82) is 0 Å². The molecule has 4 fully saturated rings. The largest absolute Gasteiger partial charge is 0.393 e. The Morgan fingerprint density at radius 3 is 2.28 bits per heavy atom. The Morgan fingerprint density at radius 1 is 0.938 bits per heavy atom. The minimum absolute atomic E-state index is 0.290. The average molecular weight is 451 g/mol. The molecule has 4 heteroatoms. The van der Waals surface area contributed by atoms with E-state index in [0.29, 0.717) is 53.8 Å². The normalized spacial score (nSPS) is 50.8. The van der Waals surface area contributed by atoms with E-state index in [4.69, 9.17) is 0 Å². The van der Waals surface area contributed by atoms with Crippen LogP contribution in [0.4, 0.5) is 0 Å². The van der Waals surface area contributed by atoms with Crippen LogP contribution in [0.25, 0.3) is 0 Å². The second kappa shape index (κ2) is 8.21. The van der Waals surface area contributed by atoms with Crippen LogP contribution in [0.5, 0.6) is 0 Å². The molecule has 4 unspecified atom stereocenters. The van der Waals surface area contributed by atoms with Gasteiger partial charge in [-0.05, 0) is 106 Å². The van der Waals surface area contributed by atoms with Crippen LogP contribution in [-0.4, -0.2) is 43.8 Å². The fourth-order valence-electron chi connectivity index (χ4n) is 9.30. The molecule has 0 heterocycles. The van der Waals surface area contributed by atoms with Gasteiger partial charge in [-0.1, -0.05) is 34.1 Å². The summed E-state index contributed by atoms with van der Waals surface area (Å²) in [6, 6.07) is 0. The Labute approximate surface area is 196 Å². The van der Waals surface area contributed by atoms with E-state index in [-0.39, 0.29) is 5.41 Å². The van der Waals surface area contributed by atoms with Crippen molar-refractivity contribution in [2.75, 3.05) is 0 Å². The lowest BCUT2D eigenvalue weighted by molar-refractivity contribution is -0.264. The summed E-state index contributed by atoms with van der Waals surface area (Å²) in [6.45, 7) is 13.2. The molecule has 4 aliphatic rings. The maximum Gasteiger partial charge on any atom is 0.0985 e. The van der Waals surface area contributed by atoms with Gasteiger partial charge in [-0.25, -0.2) is 0 Å². The van der Waals surface area contributed by atoms with Gasteiger partial charge >= 0.3 is 0 Å². The zero-order valence-corrected chi connectivity index (χ0v) is 21.5. The average Bonchev–Trinajstić information content (AvgIpc) is 3.05. The van der Waals surface area contributed by atoms with Gasteiger partial charge in [0.15, 0.2) is 0 Å². The zero-order chi connectivity index (χ0) is 23.7. The molecule has 0 aromatic carbocycles. The molecule has 0 radical (unpaired) electrons. The van der Waals surface area contributed by atoms with E-state index < -0.39 is 23.4 Å². The van der Waals surface area contributed by atoms with Gasteiger partial charge in [0.2, 0.25) is 0 Å². The first kappa shape index (κ1) is 24.9. The minimum Gasteiger partial charge on any atom is -0.393 e. The van der Waals surface area contributed by atoms with Crippen LogP contribution in [-0.2, 0) is 0 Å². The predicted molar refractivity (Wildman–Crippen MR) is 128 cm³/mol. The minimum atomic E-state index is -1.14. The molecule has 4 N–H and O–H groups in total. The third-order valence-corrected chi connectivity index (χ3v) is 11.9. The van der Waals surface area contributed by atoms with Crippen LogP contribution in [0.1, 0.15) is 106 Å². The van der Waals surface area contributed by atoms with Crippen molar-refractivity contribution >= 4 is 0 Å². The van der Waals surface area contributed by atoms with Crippen LogP contribution < -0.4 is 0 Å². The summed E-state index contributed by atoms with van der Waals surface area (Å²) in [5, 5.41) is 43.5. The molecule has 4 rings (SSSR count). The van der Waals surface area contributed by atoms with Crippen molar-refractivity contribution in [2.45, 2.75) is 129 Å². The van der Waals surface area contributed by atoms with Crippen LogP contribution >= 0.6 is 0 Å². The highest BCUT2D eigenvalue weighted by Crippen LogP contribution is 2.69. The monoisotopic (exact) mass is 450 g/mol. The van der Waals surface area contributed by atoms with E-state index >= 15 is 0 Å². The van der Waals surface area contributed by atoms with Crippen molar-refractivity contribution in [3.05, 3.63) is 0 Å². The Hall–Kier alpha value is -0.160. The molecule has 32 heavy (non-hydrogen) atoms. The van der Waals surface area contributed by atoms with Gasteiger partial charge in [-0.3, -0.25) is 0 Å². The molecular weight excluding hydrogens is 400 g/mol. The Balaban J connectivity index is 1.51. The smallest absolute Gasteiger partial charge is 0.0985 e. The van der Waals surface area contributed by atoms with E-state index in [2.05, 4.69) is 27.7 Å². The molecular formula is C28H50O4. The fourth-order valence-corrected chi connectivity index (χ4v) is 9.30. The van der Waals surface area contributed by atoms with Gasteiger partial charge in [0.25, 0.3) is 0 Å². The van der Waals surface area contributed by atoms with Crippen molar-refractivity contribution in [3.63, 3.8) is 0 Å². The summed E-state index contributed by atoms with van der Waals surface area (Å²) in [5.74, 6) is 3.22. The SMILES string of the molecule is C[C@H](CC[C@H](C)C(C)(C)O)C1CCC2C3C[C@@H](O)[C@@]4(O)C[C@@H](O)CC[C@]4(C)C3CC[C@@]21C. The quantitative estimate of drug-likeness (QED) is 0.479. The Bertz CT molecular complexity index is 687. The number of fused-ring (bicyclic) bond motifs is 5. The topological polar surface area (TPSA) is 80.9 Å². The molecule has 4 nitrogen and oxygen atoms in total. The highest BCUT2D eigenvalue weighted by atomic mass is 16.3. The summed E-state index contributed by atoms with van der Waals surface area (Å²) < 4.78 is 0. The third-order valence-electron chi connectivity index (χ3n) is 11.9. The third kappa shape index (κ3) is 3.71. The second-order valence-electron chi connectivity index (χ2n) is 13.7. The van der Waals surface area contributed by atoms with Crippen LogP contribution in [0.2, 0.25) is 0 Å². The van der Waals surface area contributed by atoms with Crippen molar-refractivity contribution in [2.24, 2.45) is 46.3 Å². The van der Waals surface area contributed by atoms with E-state index in [1.54, 1.807) is 0 Å². The molecule has 11 atom stereocenters. The predicted octanol–water partition coefficient (Wildman–Crippen LogP) is 4.92. The van der Waals surface area contributed by atoms with Gasteiger partial charge in [-0.2, -0.15) is 0 Å². The summed E-state index contributed by atoms with van der Waals surface area (Å²) >= 11 is 0. The maximum absolute atomic E-state index is 11.6. The summed E-state index contributed by atoms with van der Waals surface area (Å²) in [5.41, 5.74) is -1.73. The van der Waals surface area contributed by atoms with Crippen molar-refractivity contribution in [1.82, 2.24) is 0 Å². The second-order valence-corrected chi connectivity index (χ2v) is 13.7. The lowest BCUT2D eigenvalue weighted by Crippen LogP contribution is -2.68. The van der Waals surface area contributed by atoms with Gasteiger partial charge < -0.3 is 20.4 Å². The molecule has 0 spiro atoms. The molecule has 0 bridgehead atoms. The molecule has 0 aromatic rings. The highest BCUT2D eigenvalue weighted by Gasteiger charge is 2.67. The molecule has 0 aliphatic heterocycles. The van der Waals surface area contributed by atoms with Gasteiger partial charge in [0.1, 0.15) is 0 Å². The molecule has 186 valence electrons. The van der Waals surface area contributed by atoms with Crippen molar-refractivity contribution in [3.8, 4) is 0 Å². The van der Waals surface area contributed by atoms with Gasteiger partial charge in [-0.15, -0.1) is 0 Å². The van der Waals surface area contributed by atoms with Crippen LogP contribution in [0, 0.1) is 46.3 Å². The van der Waals surface area contributed by atoms with E-state index in [1.165, 1.54) is 25.7 Å². The molecule has 4 saturated carbocycles. The Morgan fingerprint density at radius 2 is 1.62 bits per heavy atom. The van der Waals surface area contributed by atoms with E-state index in [9.17, 15) is 20.4 Å². The number of aliphatic hydroxyl groups is 4. The first-order valence-electron chi connectivity index (χ1n) is 13.5. The molecule has 0 saturated heterocycles. The van der Waals surface area contributed by atoms with Crippen molar-refractivity contribution < 1.29 is 20.4 Å². The first-order chi connectivity index (χ1) is 14.7. The fraction of sp³-hybridized carbons (Fsp3) is 1.00. The highest BCUT2D eigenvalue weighted by molar-refractivity contribution is 5.17. The number of aliphatic hydroxyl groups excluding tert-OH is 2. The lowest BCUT2D eigenvalue weighted by atomic mass is 9.42. The zero-order valence-electron chi connectivity index (χ0n) is 21.5. The van der Waals surface area contributed by atoms with Gasteiger partial charge in [0, 0.05) is 11.8 Å². The first-order valence-corrected chi connectivity index (χ1v) is 13.5. The summed E-state index contributed by atoms with van der Waals surface area (Å²) in [6.07, 6.45) is 8.50. The van der Waals surface area contributed by atoms with E-state index in [0.717, 1.165) is 25.7 Å². The van der Waals surface area contributed by atoms with Crippen LogP contribution in [0.15, 0.2) is 0 Å².